The van der Waals surface area contributed by atoms with Crippen molar-refractivity contribution in [2.75, 3.05) is 26.2 Å². The standard InChI is InChI=1S/C26H28N4O3/c1-2-13-29-14-15-30(26(33)23-11-12-24(31)28-27-23)18-22(25(29)32)17-19-7-6-10-21(16-19)20-8-4-3-5-9-20/h3-12,16,22H,2,13-15,17-18H2,1H3,(H,28,31)/t22-/m0/s1. The molecule has 0 radical (unpaired) electrons. The highest BCUT2D eigenvalue weighted by atomic mass is 16.2. The lowest BCUT2D eigenvalue weighted by molar-refractivity contribution is -0.134. The van der Waals surface area contributed by atoms with Gasteiger partial charge in [-0.3, -0.25) is 14.4 Å². The molecular formula is C26H28N4O3. The maximum absolute atomic E-state index is 13.4. The summed E-state index contributed by atoms with van der Waals surface area (Å²) in [5, 5.41) is 6.20. The van der Waals surface area contributed by atoms with Crippen molar-refractivity contribution in [1.29, 1.82) is 0 Å². The summed E-state index contributed by atoms with van der Waals surface area (Å²) in [5.74, 6) is -0.552. The number of aromatic amines is 1. The highest BCUT2D eigenvalue weighted by molar-refractivity contribution is 5.93. The second kappa shape index (κ2) is 10.3. The summed E-state index contributed by atoms with van der Waals surface area (Å²) in [7, 11) is 0. The highest BCUT2D eigenvalue weighted by Crippen LogP contribution is 2.23. The van der Waals surface area contributed by atoms with Crippen LogP contribution in [0, 0.1) is 5.92 Å². The number of H-pyrrole nitrogens is 1. The minimum Gasteiger partial charge on any atom is -0.341 e. The molecule has 0 spiro atoms. The molecule has 1 atom stereocenters. The number of nitrogens with one attached hydrogen (secondary N) is 1. The van der Waals surface area contributed by atoms with Crippen LogP contribution in [0.1, 0.15) is 29.4 Å². The van der Waals surface area contributed by atoms with Crippen LogP contribution in [-0.2, 0) is 11.2 Å². The van der Waals surface area contributed by atoms with E-state index in [1.165, 1.54) is 12.1 Å². The Balaban J connectivity index is 1.58. The molecule has 2 aromatic carbocycles. The molecule has 7 heteroatoms. The smallest absolute Gasteiger partial charge is 0.274 e. The van der Waals surface area contributed by atoms with Crippen LogP contribution >= 0.6 is 0 Å². The van der Waals surface area contributed by atoms with Crippen molar-refractivity contribution in [3.05, 3.63) is 88.3 Å². The molecule has 2 amide bonds. The first-order chi connectivity index (χ1) is 16.0. The van der Waals surface area contributed by atoms with Crippen LogP contribution in [0.3, 0.4) is 0 Å². The maximum Gasteiger partial charge on any atom is 0.274 e. The van der Waals surface area contributed by atoms with E-state index in [4.69, 9.17) is 0 Å². The third-order valence-corrected chi connectivity index (χ3v) is 5.94. The molecule has 7 nitrogen and oxygen atoms in total. The molecule has 0 aliphatic carbocycles. The van der Waals surface area contributed by atoms with Gasteiger partial charge >= 0.3 is 0 Å². The zero-order valence-electron chi connectivity index (χ0n) is 18.7. The Morgan fingerprint density at radius 1 is 1.00 bits per heavy atom. The Bertz CT molecular complexity index is 1150. The minimum absolute atomic E-state index is 0.0756. The van der Waals surface area contributed by atoms with E-state index >= 15 is 0 Å². The zero-order chi connectivity index (χ0) is 23.2. The molecule has 3 aromatic rings. The fourth-order valence-corrected chi connectivity index (χ4v) is 4.29. The zero-order valence-corrected chi connectivity index (χ0v) is 18.7. The summed E-state index contributed by atoms with van der Waals surface area (Å²) in [4.78, 5) is 41.3. The normalized spacial score (nSPS) is 16.5. The number of benzene rings is 2. The number of carbonyl (C=O) groups excluding carboxylic acids is 2. The minimum atomic E-state index is -0.358. The van der Waals surface area contributed by atoms with E-state index in [0.717, 1.165) is 23.1 Å². The first-order valence-electron chi connectivity index (χ1n) is 11.3. The SMILES string of the molecule is CCCN1CCN(C(=O)c2ccc(=O)[nH]n2)C[C@H](Cc2cccc(-c3ccccc3)c2)C1=O. The molecule has 0 bridgehead atoms. The quantitative estimate of drug-likeness (QED) is 0.633. The fourth-order valence-electron chi connectivity index (χ4n) is 4.29. The van der Waals surface area contributed by atoms with Crippen LogP contribution < -0.4 is 5.56 Å². The van der Waals surface area contributed by atoms with Gasteiger partial charge in [0.2, 0.25) is 5.91 Å². The lowest BCUT2D eigenvalue weighted by Gasteiger charge is -2.24. The molecular weight excluding hydrogens is 416 g/mol. The molecule has 33 heavy (non-hydrogen) atoms. The van der Waals surface area contributed by atoms with Crippen LogP contribution in [0.5, 0.6) is 0 Å². The van der Waals surface area contributed by atoms with Gasteiger partial charge in [-0.15, -0.1) is 0 Å². The maximum atomic E-state index is 13.4. The summed E-state index contributed by atoms with van der Waals surface area (Å²) in [6.45, 7) is 3.95. The van der Waals surface area contributed by atoms with E-state index < -0.39 is 0 Å². The van der Waals surface area contributed by atoms with Gasteiger partial charge in [-0.2, -0.15) is 5.10 Å². The number of amides is 2. The Labute approximate surface area is 193 Å². The van der Waals surface area contributed by atoms with E-state index in [1.807, 2.05) is 42.2 Å². The lowest BCUT2D eigenvalue weighted by Crippen LogP contribution is -2.38. The van der Waals surface area contributed by atoms with E-state index in [1.54, 1.807) is 4.90 Å². The summed E-state index contributed by atoms with van der Waals surface area (Å²) in [5.41, 5.74) is 3.10. The molecule has 1 aliphatic heterocycles. The monoisotopic (exact) mass is 444 g/mol. The second-order valence-electron chi connectivity index (χ2n) is 8.35. The molecule has 2 heterocycles. The number of hydrogen-bond donors (Lipinski definition) is 1. The van der Waals surface area contributed by atoms with Gasteiger partial charge in [0, 0.05) is 32.2 Å². The van der Waals surface area contributed by atoms with Crippen molar-refractivity contribution in [2.45, 2.75) is 19.8 Å². The van der Waals surface area contributed by atoms with Gasteiger partial charge in [0.05, 0.1) is 5.92 Å². The summed E-state index contributed by atoms with van der Waals surface area (Å²) >= 11 is 0. The van der Waals surface area contributed by atoms with Gasteiger partial charge in [0.25, 0.3) is 11.5 Å². The largest absolute Gasteiger partial charge is 0.341 e. The number of carbonyl (C=O) groups is 2. The Kier molecular flexibility index (Phi) is 6.98. The van der Waals surface area contributed by atoms with Gasteiger partial charge in [-0.25, -0.2) is 5.10 Å². The van der Waals surface area contributed by atoms with Gasteiger partial charge in [-0.05, 0) is 35.6 Å². The molecule has 0 saturated carbocycles. The van der Waals surface area contributed by atoms with Gasteiger partial charge in [-0.1, -0.05) is 61.5 Å². The molecule has 1 saturated heterocycles. The van der Waals surface area contributed by atoms with Crippen molar-refractivity contribution in [2.24, 2.45) is 5.92 Å². The van der Waals surface area contributed by atoms with Crippen molar-refractivity contribution in [1.82, 2.24) is 20.0 Å². The fraction of sp³-hybridized carbons (Fsp3) is 0.308. The van der Waals surface area contributed by atoms with E-state index in [9.17, 15) is 14.4 Å². The molecule has 170 valence electrons. The Hall–Kier alpha value is -3.74. The van der Waals surface area contributed by atoms with Crippen LogP contribution in [0.15, 0.2) is 71.5 Å². The average molecular weight is 445 g/mol. The average Bonchev–Trinajstić information content (AvgIpc) is 2.99. The number of aromatic nitrogens is 2. The third-order valence-electron chi connectivity index (χ3n) is 5.94. The number of nitrogens with zero attached hydrogens (tertiary/aromatic N) is 3. The topological polar surface area (TPSA) is 86.4 Å². The number of hydrogen-bond acceptors (Lipinski definition) is 4. The highest BCUT2D eigenvalue weighted by Gasteiger charge is 2.32. The van der Waals surface area contributed by atoms with Crippen molar-refractivity contribution in [3.63, 3.8) is 0 Å². The first kappa shape index (κ1) is 22.5. The predicted octanol–water partition coefficient (Wildman–Crippen LogP) is 2.99. The van der Waals surface area contributed by atoms with Crippen LogP contribution in [0.25, 0.3) is 11.1 Å². The van der Waals surface area contributed by atoms with Crippen molar-refractivity contribution >= 4 is 11.8 Å². The van der Waals surface area contributed by atoms with Gasteiger partial charge in [0.15, 0.2) is 0 Å². The van der Waals surface area contributed by atoms with Crippen molar-refractivity contribution < 1.29 is 9.59 Å². The molecule has 1 N–H and O–H groups in total. The summed E-state index contributed by atoms with van der Waals surface area (Å²) in [6.07, 6.45) is 1.40. The molecule has 1 fully saturated rings. The number of rotatable bonds is 6. The van der Waals surface area contributed by atoms with Gasteiger partial charge in [0.1, 0.15) is 5.69 Å². The molecule has 1 aromatic heterocycles. The molecule has 4 rings (SSSR count). The predicted molar refractivity (Wildman–Crippen MR) is 127 cm³/mol. The van der Waals surface area contributed by atoms with Crippen LogP contribution in [0.4, 0.5) is 0 Å². The summed E-state index contributed by atoms with van der Waals surface area (Å²) in [6, 6.07) is 21.1. The Morgan fingerprint density at radius 3 is 2.52 bits per heavy atom. The van der Waals surface area contributed by atoms with Crippen molar-refractivity contribution in [3.8, 4) is 11.1 Å². The van der Waals surface area contributed by atoms with E-state index in [0.29, 0.717) is 32.6 Å². The van der Waals surface area contributed by atoms with Gasteiger partial charge < -0.3 is 9.80 Å². The lowest BCUT2D eigenvalue weighted by atomic mass is 9.94. The second-order valence-corrected chi connectivity index (χ2v) is 8.35. The third kappa shape index (κ3) is 5.37. The first-order valence-corrected chi connectivity index (χ1v) is 11.3. The van der Waals surface area contributed by atoms with Crippen LogP contribution in [0.2, 0.25) is 0 Å². The Morgan fingerprint density at radius 2 is 1.79 bits per heavy atom. The molecule has 1 aliphatic rings. The molecule has 0 unspecified atom stereocenters. The summed E-state index contributed by atoms with van der Waals surface area (Å²) < 4.78 is 0. The van der Waals surface area contributed by atoms with E-state index in [2.05, 4.69) is 34.5 Å². The van der Waals surface area contributed by atoms with E-state index in [-0.39, 0.29) is 29.0 Å². The van der Waals surface area contributed by atoms with Crippen LogP contribution in [-0.4, -0.2) is 58.0 Å².